The van der Waals surface area contributed by atoms with Crippen LogP contribution in [0.5, 0.6) is 0 Å². The lowest BCUT2D eigenvalue weighted by molar-refractivity contribution is -0.0413. The van der Waals surface area contributed by atoms with E-state index < -0.39 is 0 Å². The molecule has 0 radical (unpaired) electrons. The first-order valence-corrected chi connectivity index (χ1v) is 26.5. The standard InChI is InChI=1S/C12H21N.3C11H18.C10H16/c1-8-11-4-9-3-10(5-11)7-13(2)12(8)6-9;2*1-11-5-8-2-9(6-11)4-10(3-8)7-11;1-7-10-3-8-2-9(5-10)6-11(7)4-8;1-10-5-7-2-8(6-10)4-9(10)3-7/h8-12H,3-7H2,1-2H3;2*8-10H,2-7H2,1H3;7-11H,2-6H2,1H3;7-9H,2-6H2,1H3. The molecule has 7 unspecified atom stereocenters. The zero-order valence-electron chi connectivity index (χ0n) is 38.0. The van der Waals surface area contributed by atoms with Gasteiger partial charge in [0, 0.05) is 12.6 Å². The second-order valence-corrected chi connectivity index (χ2v) is 27.7. The molecule has 0 N–H and O–H groups in total. The van der Waals surface area contributed by atoms with E-state index in [0.29, 0.717) is 0 Å². The molecule has 20 aliphatic rings. The van der Waals surface area contributed by atoms with Gasteiger partial charge < -0.3 is 4.90 Å². The number of rotatable bonds is 0. The number of fused-ring (bicyclic) bond motifs is 1. The second-order valence-electron chi connectivity index (χ2n) is 27.7. The van der Waals surface area contributed by atoms with Gasteiger partial charge in [0.05, 0.1) is 0 Å². The molecule has 2 aliphatic heterocycles. The van der Waals surface area contributed by atoms with E-state index in [4.69, 9.17) is 0 Å². The van der Waals surface area contributed by atoms with Crippen LogP contribution in [0.3, 0.4) is 0 Å². The summed E-state index contributed by atoms with van der Waals surface area (Å²) >= 11 is 0. The first-order chi connectivity index (χ1) is 26.8. The van der Waals surface area contributed by atoms with Gasteiger partial charge in [0.15, 0.2) is 0 Å². The summed E-state index contributed by atoms with van der Waals surface area (Å²) in [4.78, 5) is 2.66. The van der Waals surface area contributed by atoms with E-state index in [-0.39, 0.29) is 0 Å². The SMILES string of the molecule is CC12CC3CC(CC(C3)C1)C2.CC12CC3CC(CC(C3)C1)C2.CC12CC3CC(CC1C3)C2.CC1C2CC3CC(C2)CC1C3.CC1C2CC3CC(C2)CN(C)C1C3. The van der Waals surface area contributed by atoms with Crippen LogP contribution in [0.4, 0.5) is 0 Å². The quantitative estimate of drug-likeness (QED) is 0.237. The topological polar surface area (TPSA) is 3.24 Å². The Morgan fingerprint density at radius 3 is 1.04 bits per heavy atom. The number of hydrogen-bond donors (Lipinski definition) is 0. The lowest BCUT2D eigenvalue weighted by Crippen LogP contribution is -2.44. The highest BCUT2D eigenvalue weighted by molar-refractivity contribution is 5.05. The molecule has 1 heteroatoms. The molecule has 20 bridgehead atoms. The fraction of sp³-hybridized carbons (Fsp3) is 1.00. The Morgan fingerprint density at radius 1 is 0.339 bits per heavy atom. The molecule has 2 saturated heterocycles. The second kappa shape index (κ2) is 14.5. The minimum atomic E-state index is 0.800. The molecule has 0 aromatic carbocycles. The highest BCUT2D eigenvalue weighted by Crippen LogP contribution is 2.65. The van der Waals surface area contributed by atoms with Crippen molar-refractivity contribution in [2.75, 3.05) is 13.6 Å². The molecule has 0 amide bonds. The summed E-state index contributed by atoms with van der Waals surface area (Å²) in [6, 6.07) is 0.927. The van der Waals surface area contributed by atoms with Crippen molar-refractivity contribution in [2.45, 2.75) is 208 Å². The number of hydrogen-bond acceptors (Lipinski definition) is 1. The molecule has 18 saturated carbocycles. The highest BCUT2D eigenvalue weighted by atomic mass is 15.1. The van der Waals surface area contributed by atoms with Crippen LogP contribution in [0.15, 0.2) is 0 Å². The van der Waals surface area contributed by atoms with Crippen LogP contribution in [-0.4, -0.2) is 24.5 Å². The van der Waals surface area contributed by atoms with Crippen LogP contribution < -0.4 is 0 Å². The summed E-state index contributed by atoms with van der Waals surface area (Å²) in [5.41, 5.74) is 2.43. The molecule has 20 fully saturated rings. The average Bonchev–Trinajstić information content (AvgIpc) is 3.38. The third kappa shape index (κ3) is 7.51. The van der Waals surface area contributed by atoms with Crippen LogP contribution in [0.1, 0.15) is 202 Å². The summed E-state index contributed by atoms with van der Waals surface area (Å²) in [5.74, 6) is 20.2. The molecule has 20 rings (SSSR count). The van der Waals surface area contributed by atoms with Gasteiger partial charge in [-0.3, -0.25) is 0 Å². The Bertz CT molecular complexity index is 1250. The Balaban J connectivity index is 0.0000000812. The predicted octanol–water partition coefficient (Wildman–Crippen LogP) is 14.7. The van der Waals surface area contributed by atoms with E-state index in [1.165, 1.54) is 13.0 Å². The van der Waals surface area contributed by atoms with E-state index >= 15 is 0 Å². The Hall–Kier alpha value is -0.0400. The van der Waals surface area contributed by atoms with Crippen LogP contribution in [0.25, 0.3) is 0 Å². The summed E-state index contributed by atoms with van der Waals surface area (Å²) in [7, 11) is 2.35. The van der Waals surface area contributed by atoms with Crippen LogP contribution in [-0.2, 0) is 0 Å². The van der Waals surface area contributed by atoms with Gasteiger partial charge in [0.25, 0.3) is 0 Å². The van der Waals surface area contributed by atoms with Gasteiger partial charge in [-0.25, -0.2) is 0 Å². The molecular weight excluding hydrogens is 675 g/mol. The van der Waals surface area contributed by atoms with Gasteiger partial charge in [0.2, 0.25) is 0 Å². The van der Waals surface area contributed by atoms with E-state index in [1.54, 1.807) is 161 Å². The third-order valence-corrected chi connectivity index (χ3v) is 22.8. The van der Waals surface area contributed by atoms with Gasteiger partial charge in [-0.2, -0.15) is 0 Å². The van der Waals surface area contributed by atoms with Gasteiger partial charge >= 0.3 is 0 Å². The normalized spacial score (nSPS) is 59.8. The van der Waals surface area contributed by atoms with Gasteiger partial charge in [0.1, 0.15) is 0 Å². The summed E-state index contributed by atoms with van der Waals surface area (Å²) in [6.45, 7) is 14.0. The highest BCUT2D eigenvalue weighted by Gasteiger charge is 2.55. The largest absolute Gasteiger partial charge is 0.303 e. The van der Waals surface area contributed by atoms with E-state index in [0.717, 1.165) is 129 Å². The van der Waals surface area contributed by atoms with E-state index in [1.807, 2.05) is 0 Å². The third-order valence-electron chi connectivity index (χ3n) is 22.8. The van der Waals surface area contributed by atoms with E-state index in [2.05, 4.69) is 46.6 Å². The smallest absolute Gasteiger partial charge is 0.0123 e. The molecule has 316 valence electrons. The Morgan fingerprint density at radius 2 is 0.661 bits per heavy atom. The maximum absolute atomic E-state index is 2.66. The monoisotopic (exact) mass is 766 g/mol. The zero-order chi connectivity index (χ0) is 38.1. The Labute approximate surface area is 347 Å². The fourth-order valence-electron chi connectivity index (χ4n) is 21.9. The molecule has 18 aliphatic carbocycles. The summed E-state index contributed by atoms with van der Waals surface area (Å²) in [6.07, 6.45) is 41.0. The van der Waals surface area contributed by atoms with Crippen molar-refractivity contribution < 1.29 is 0 Å². The molecule has 2 heterocycles. The lowest BCUT2D eigenvalue weighted by Gasteiger charge is -2.55. The molecule has 0 aromatic heterocycles. The zero-order valence-corrected chi connectivity index (χ0v) is 38.0. The fourth-order valence-corrected chi connectivity index (χ4v) is 21.9. The van der Waals surface area contributed by atoms with Crippen molar-refractivity contribution in [3.05, 3.63) is 0 Å². The van der Waals surface area contributed by atoms with Gasteiger partial charge in [-0.05, 0) is 297 Å². The first kappa shape index (κ1) is 38.9. The predicted molar refractivity (Wildman–Crippen MR) is 235 cm³/mol. The molecule has 56 heavy (non-hydrogen) atoms. The summed E-state index contributed by atoms with van der Waals surface area (Å²) < 4.78 is 0. The van der Waals surface area contributed by atoms with Crippen molar-refractivity contribution in [2.24, 2.45) is 123 Å². The van der Waals surface area contributed by atoms with Crippen molar-refractivity contribution in [1.82, 2.24) is 4.90 Å². The van der Waals surface area contributed by atoms with Crippen LogP contribution in [0.2, 0.25) is 0 Å². The molecular formula is C55H91N. The van der Waals surface area contributed by atoms with Crippen molar-refractivity contribution in [3.8, 4) is 0 Å². The van der Waals surface area contributed by atoms with Crippen LogP contribution >= 0.6 is 0 Å². The summed E-state index contributed by atoms with van der Waals surface area (Å²) in [5, 5.41) is 0. The van der Waals surface area contributed by atoms with Crippen molar-refractivity contribution >= 4 is 0 Å². The van der Waals surface area contributed by atoms with Gasteiger partial charge in [-0.15, -0.1) is 0 Å². The average molecular weight is 766 g/mol. The van der Waals surface area contributed by atoms with E-state index in [9.17, 15) is 0 Å². The number of nitrogens with zero attached hydrogens (tertiary/aromatic N) is 1. The molecule has 7 atom stereocenters. The Kier molecular flexibility index (Phi) is 10.1. The maximum atomic E-state index is 2.66. The van der Waals surface area contributed by atoms with Crippen LogP contribution in [0, 0.1) is 123 Å². The van der Waals surface area contributed by atoms with Gasteiger partial charge in [-0.1, -0.05) is 34.6 Å². The first-order valence-electron chi connectivity index (χ1n) is 26.5. The minimum Gasteiger partial charge on any atom is -0.303 e. The molecule has 0 aromatic rings. The van der Waals surface area contributed by atoms with Crippen molar-refractivity contribution in [1.29, 1.82) is 0 Å². The minimum absolute atomic E-state index is 0.800. The van der Waals surface area contributed by atoms with Crippen molar-refractivity contribution in [3.63, 3.8) is 0 Å². The molecule has 0 spiro atoms. The molecule has 1 nitrogen and oxygen atoms in total. The lowest BCUT2D eigenvalue weighted by atomic mass is 9.50. The maximum Gasteiger partial charge on any atom is 0.0123 e.